The summed E-state index contributed by atoms with van der Waals surface area (Å²) < 4.78 is 1.54. The lowest BCUT2D eigenvalue weighted by Crippen LogP contribution is -2.08. The monoisotopic (exact) mass is 285 g/mol. The number of nitrogen functional groups attached to an aromatic ring is 1. The number of nitrogens with two attached hydrogens (primary N) is 1. The van der Waals surface area contributed by atoms with Crippen LogP contribution in [0.1, 0.15) is 34.7 Å². The van der Waals surface area contributed by atoms with E-state index in [2.05, 4.69) is 32.4 Å². The Kier molecular flexibility index (Phi) is 3.58. The highest BCUT2D eigenvalue weighted by atomic mass is 16.1. The number of rotatable bonds is 2. The number of nitrogens with one attached hydrogen (secondary N) is 1. The van der Waals surface area contributed by atoms with Crippen LogP contribution in [0.4, 0.5) is 5.82 Å². The Balaban J connectivity index is 2.93. The van der Waals surface area contributed by atoms with Crippen molar-refractivity contribution in [1.82, 2.24) is 9.78 Å². The van der Waals surface area contributed by atoms with Crippen LogP contribution in [0.15, 0.2) is 11.4 Å². The summed E-state index contributed by atoms with van der Waals surface area (Å²) in [7, 11) is 0. The molecular weight excluding hydrogens is 262 g/mol. The molecule has 4 heteroatoms. The van der Waals surface area contributed by atoms with Crippen molar-refractivity contribution in [3.8, 4) is 11.1 Å². The minimum atomic E-state index is -0.177. The van der Waals surface area contributed by atoms with E-state index in [1.165, 1.54) is 16.7 Å². The SMILES string of the molecule is C=C(C)n1[nH]c(=O)c(-c2c(C)c(C)c(C)c(C)c2C)c1N. The molecule has 2 rings (SSSR count). The lowest BCUT2D eigenvalue weighted by molar-refractivity contribution is 0.890. The maximum absolute atomic E-state index is 12.4. The number of aromatic nitrogens is 2. The van der Waals surface area contributed by atoms with E-state index in [0.717, 1.165) is 16.7 Å². The maximum atomic E-state index is 12.4. The minimum Gasteiger partial charge on any atom is -0.383 e. The van der Waals surface area contributed by atoms with E-state index in [-0.39, 0.29) is 5.56 Å². The van der Waals surface area contributed by atoms with E-state index in [0.29, 0.717) is 17.1 Å². The molecule has 0 saturated carbocycles. The van der Waals surface area contributed by atoms with Crippen LogP contribution in [0.5, 0.6) is 0 Å². The Morgan fingerprint density at radius 1 is 0.952 bits per heavy atom. The van der Waals surface area contributed by atoms with E-state index < -0.39 is 0 Å². The Morgan fingerprint density at radius 3 is 1.76 bits per heavy atom. The van der Waals surface area contributed by atoms with Gasteiger partial charge in [-0.2, -0.15) is 0 Å². The normalized spacial score (nSPS) is 11.0. The van der Waals surface area contributed by atoms with E-state index in [4.69, 9.17) is 5.73 Å². The summed E-state index contributed by atoms with van der Waals surface area (Å²) in [4.78, 5) is 12.4. The van der Waals surface area contributed by atoms with Crippen molar-refractivity contribution in [1.29, 1.82) is 0 Å². The molecule has 0 radical (unpaired) electrons. The summed E-state index contributed by atoms with van der Waals surface area (Å²) in [6.45, 7) is 16.0. The molecule has 1 aromatic heterocycles. The quantitative estimate of drug-likeness (QED) is 0.887. The van der Waals surface area contributed by atoms with Gasteiger partial charge in [0, 0.05) is 5.70 Å². The number of nitrogens with zero attached hydrogens (tertiary/aromatic N) is 1. The second-order valence-electron chi connectivity index (χ2n) is 5.77. The van der Waals surface area contributed by atoms with E-state index in [9.17, 15) is 4.79 Å². The highest BCUT2D eigenvalue weighted by molar-refractivity contribution is 5.82. The van der Waals surface area contributed by atoms with Crippen LogP contribution in [-0.4, -0.2) is 9.78 Å². The molecule has 0 aliphatic heterocycles. The van der Waals surface area contributed by atoms with Crippen molar-refractivity contribution in [2.24, 2.45) is 0 Å². The molecule has 4 nitrogen and oxygen atoms in total. The molecule has 0 aliphatic carbocycles. The van der Waals surface area contributed by atoms with Gasteiger partial charge < -0.3 is 5.73 Å². The number of hydrogen-bond donors (Lipinski definition) is 2. The van der Waals surface area contributed by atoms with E-state index in [1.54, 1.807) is 11.6 Å². The van der Waals surface area contributed by atoms with Crippen molar-refractivity contribution in [3.63, 3.8) is 0 Å². The molecule has 0 saturated heterocycles. The molecule has 0 spiro atoms. The maximum Gasteiger partial charge on any atom is 0.274 e. The number of allylic oxidation sites excluding steroid dienone is 1. The molecule has 0 fully saturated rings. The van der Waals surface area contributed by atoms with Gasteiger partial charge in [-0.1, -0.05) is 6.58 Å². The third kappa shape index (κ3) is 2.11. The lowest BCUT2D eigenvalue weighted by atomic mass is 9.87. The Hall–Kier alpha value is -2.23. The minimum absolute atomic E-state index is 0.177. The van der Waals surface area contributed by atoms with Gasteiger partial charge in [-0.25, -0.2) is 4.68 Å². The molecule has 0 amide bonds. The number of benzene rings is 1. The van der Waals surface area contributed by atoms with Gasteiger partial charge in [0.15, 0.2) is 0 Å². The van der Waals surface area contributed by atoms with Gasteiger partial charge in [-0.15, -0.1) is 0 Å². The van der Waals surface area contributed by atoms with Gasteiger partial charge in [-0.3, -0.25) is 9.89 Å². The molecule has 0 unspecified atom stereocenters. The predicted molar refractivity (Wildman–Crippen MR) is 89.6 cm³/mol. The van der Waals surface area contributed by atoms with Gasteiger partial charge in [0.1, 0.15) is 5.82 Å². The molecule has 1 aromatic carbocycles. The lowest BCUT2D eigenvalue weighted by Gasteiger charge is -2.18. The van der Waals surface area contributed by atoms with Crippen molar-refractivity contribution in [3.05, 3.63) is 44.7 Å². The summed E-state index contributed by atoms with van der Waals surface area (Å²) in [5.74, 6) is 0.418. The molecule has 21 heavy (non-hydrogen) atoms. The topological polar surface area (TPSA) is 63.8 Å². The fourth-order valence-electron chi connectivity index (χ4n) is 2.86. The first-order valence-electron chi connectivity index (χ1n) is 7.02. The number of hydrogen-bond acceptors (Lipinski definition) is 2. The molecule has 112 valence electrons. The predicted octanol–water partition coefficient (Wildman–Crippen LogP) is 3.46. The Morgan fingerprint density at radius 2 is 1.38 bits per heavy atom. The fraction of sp³-hybridized carbons (Fsp3) is 0.353. The zero-order chi connectivity index (χ0) is 16.1. The van der Waals surface area contributed by atoms with E-state index >= 15 is 0 Å². The molecule has 0 aliphatic rings. The van der Waals surface area contributed by atoms with Gasteiger partial charge in [0.2, 0.25) is 0 Å². The van der Waals surface area contributed by atoms with Crippen LogP contribution in [0.25, 0.3) is 16.8 Å². The highest BCUT2D eigenvalue weighted by Crippen LogP contribution is 2.35. The largest absolute Gasteiger partial charge is 0.383 e. The van der Waals surface area contributed by atoms with Crippen LogP contribution >= 0.6 is 0 Å². The second-order valence-corrected chi connectivity index (χ2v) is 5.77. The van der Waals surface area contributed by atoms with Crippen molar-refractivity contribution in [2.45, 2.75) is 41.5 Å². The average molecular weight is 285 g/mol. The summed E-state index contributed by atoms with van der Waals surface area (Å²) in [5, 5.41) is 2.76. The van der Waals surface area contributed by atoms with Gasteiger partial charge >= 0.3 is 0 Å². The van der Waals surface area contributed by atoms with Crippen molar-refractivity contribution < 1.29 is 0 Å². The molecule has 3 N–H and O–H groups in total. The number of anilines is 1. The summed E-state index contributed by atoms with van der Waals surface area (Å²) in [6.07, 6.45) is 0. The average Bonchev–Trinajstić information content (AvgIpc) is 2.71. The number of aromatic amines is 1. The Labute approximate surface area is 125 Å². The molecule has 0 bridgehead atoms. The molecule has 2 aromatic rings. The van der Waals surface area contributed by atoms with Crippen LogP contribution in [0.2, 0.25) is 0 Å². The summed E-state index contributed by atoms with van der Waals surface area (Å²) >= 11 is 0. The third-order valence-corrected chi connectivity index (χ3v) is 4.57. The second kappa shape index (κ2) is 4.95. The standard InChI is InChI=1S/C17H23N3O/c1-8(2)20-16(18)15(17(21)19-20)14-12(6)10(4)9(3)11(5)13(14)7/h1,18H2,2-7H3,(H,19,21). The zero-order valence-electron chi connectivity index (χ0n) is 13.6. The van der Waals surface area contributed by atoms with Gasteiger partial charge in [0.05, 0.1) is 5.56 Å². The van der Waals surface area contributed by atoms with Crippen molar-refractivity contribution in [2.75, 3.05) is 5.73 Å². The third-order valence-electron chi connectivity index (χ3n) is 4.57. The number of H-pyrrole nitrogens is 1. The first-order valence-corrected chi connectivity index (χ1v) is 7.02. The van der Waals surface area contributed by atoms with Crippen molar-refractivity contribution >= 4 is 11.5 Å². The van der Waals surface area contributed by atoms with Crippen LogP contribution in [0, 0.1) is 34.6 Å². The summed E-state index contributed by atoms with van der Waals surface area (Å²) in [5.41, 5.74) is 14.1. The van der Waals surface area contributed by atoms with Gasteiger partial charge in [-0.05, 0) is 74.9 Å². The van der Waals surface area contributed by atoms with Gasteiger partial charge in [0.25, 0.3) is 5.56 Å². The molecular formula is C17H23N3O. The fourth-order valence-corrected chi connectivity index (χ4v) is 2.86. The first kappa shape index (κ1) is 15.2. The zero-order valence-corrected chi connectivity index (χ0v) is 13.6. The van der Waals surface area contributed by atoms with Crippen LogP contribution in [-0.2, 0) is 0 Å². The van der Waals surface area contributed by atoms with Crippen LogP contribution in [0.3, 0.4) is 0 Å². The first-order chi connectivity index (χ1) is 9.68. The Bertz CT molecular complexity index is 777. The highest BCUT2D eigenvalue weighted by Gasteiger charge is 2.21. The molecule has 0 atom stereocenters. The van der Waals surface area contributed by atoms with E-state index in [1.807, 2.05) is 13.8 Å². The smallest absolute Gasteiger partial charge is 0.274 e. The summed E-state index contributed by atoms with van der Waals surface area (Å²) in [6, 6.07) is 0. The van der Waals surface area contributed by atoms with Crippen LogP contribution < -0.4 is 11.3 Å². The molecule has 1 heterocycles.